The molecule has 0 spiro atoms. The molecule has 1 fully saturated rings. The van der Waals surface area contributed by atoms with Crippen molar-refractivity contribution in [3.05, 3.63) is 23.0 Å². The maximum atomic E-state index is 12.8. The molecule has 1 aliphatic rings. The minimum Gasteiger partial charge on any atom is -0.342 e. The first kappa shape index (κ1) is 23.4. The van der Waals surface area contributed by atoms with Crippen molar-refractivity contribution in [3.63, 3.8) is 0 Å². The Kier molecular flexibility index (Phi) is 7.87. The van der Waals surface area contributed by atoms with Gasteiger partial charge in [0.05, 0.1) is 13.1 Å². The molecule has 0 saturated carbocycles. The van der Waals surface area contributed by atoms with Gasteiger partial charge in [0.1, 0.15) is 6.54 Å². The summed E-state index contributed by atoms with van der Waals surface area (Å²) in [7, 11) is 0. The summed E-state index contributed by atoms with van der Waals surface area (Å²) in [6, 6.07) is 1.54. The molecule has 0 aliphatic carbocycles. The first-order valence-corrected chi connectivity index (χ1v) is 10.0. The van der Waals surface area contributed by atoms with Gasteiger partial charge in [-0.2, -0.15) is 13.2 Å². The number of aromatic nitrogens is 1. The first-order valence-electron chi connectivity index (χ1n) is 10.0. The molecule has 1 aromatic heterocycles. The van der Waals surface area contributed by atoms with E-state index in [4.69, 9.17) is 0 Å². The predicted molar refractivity (Wildman–Crippen MR) is 105 cm³/mol. The number of alkyl halides is 3. The standard InChI is InChI=1S/C20H31F3N4O2/c1-5-26(6-2)19(29)13-25-9-7-24(8-10-25)12-18(28)17-11-15(3)27(16(17)4)14-20(21,22)23/h11H,5-10,12-14H2,1-4H3. The highest BCUT2D eigenvalue weighted by Gasteiger charge is 2.30. The Labute approximate surface area is 170 Å². The summed E-state index contributed by atoms with van der Waals surface area (Å²) in [6.45, 7) is 10.6. The van der Waals surface area contributed by atoms with E-state index in [1.807, 2.05) is 18.7 Å². The van der Waals surface area contributed by atoms with Crippen LogP contribution in [0.1, 0.15) is 35.6 Å². The monoisotopic (exact) mass is 416 g/mol. The Morgan fingerprint density at radius 3 is 2.00 bits per heavy atom. The van der Waals surface area contributed by atoms with Crippen molar-refractivity contribution in [1.29, 1.82) is 0 Å². The van der Waals surface area contributed by atoms with E-state index >= 15 is 0 Å². The Bertz CT molecular complexity index is 718. The third-order valence-electron chi connectivity index (χ3n) is 5.52. The summed E-state index contributed by atoms with van der Waals surface area (Å²) in [5.74, 6) is -0.0594. The highest BCUT2D eigenvalue weighted by atomic mass is 19.4. The lowest BCUT2D eigenvalue weighted by Gasteiger charge is -2.34. The molecule has 0 unspecified atom stereocenters. The molecule has 0 N–H and O–H groups in total. The van der Waals surface area contributed by atoms with Gasteiger partial charge >= 0.3 is 6.18 Å². The van der Waals surface area contributed by atoms with E-state index in [9.17, 15) is 22.8 Å². The fraction of sp³-hybridized carbons (Fsp3) is 0.700. The number of hydrogen-bond acceptors (Lipinski definition) is 4. The highest BCUT2D eigenvalue weighted by molar-refractivity contribution is 5.99. The lowest BCUT2D eigenvalue weighted by atomic mass is 10.1. The van der Waals surface area contributed by atoms with Crippen LogP contribution in [0.25, 0.3) is 0 Å². The second kappa shape index (κ2) is 9.75. The van der Waals surface area contributed by atoms with Crippen LogP contribution >= 0.6 is 0 Å². The zero-order chi connectivity index (χ0) is 21.8. The van der Waals surface area contributed by atoms with Crippen molar-refractivity contribution in [2.75, 3.05) is 52.4 Å². The topological polar surface area (TPSA) is 48.8 Å². The van der Waals surface area contributed by atoms with Crippen LogP contribution in [-0.4, -0.2) is 89.5 Å². The number of rotatable bonds is 8. The van der Waals surface area contributed by atoms with Gasteiger partial charge in [0.25, 0.3) is 0 Å². The van der Waals surface area contributed by atoms with Crippen molar-refractivity contribution in [2.45, 2.75) is 40.4 Å². The van der Waals surface area contributed by atoms with Gasteiger partial charge in [0.2, 0.25) is 5.91 Å². The molecule has 2 heterocycles. The molecule has 1 aromatic rings. The Morgan fingerprint density at radius 1 is 1.00 bits per heavy atom. The van der Waals surface area contributed by atoms with Crippen LogP contribution in [0.3, 0.4) is 0 Å². The quantitative estimate of drug-likeness (QED) is 0.611. The van der Waals surface area contributed by atoms with Gasteiger partial charge in [0, 0.05) is 56.2 Å². The zero-order valence-corrected chi connectivity index (χ0v) is 17.7. The predicted octanol–water partition coefficient (Wildman–Crippen LogP) is 2.34. The minimum atomic E-state index is -4.33. The second-order valence-corrected chi connectivity index (χ2v) is 7.53. The summed E-state index contributed by atoms with van der Waals surface area (Å²) < 4.78 is 39.4. The second-order valence-electron chi connectivity index (χ2n) is 7.53. The number of aryl methyl sites for hydroxylation is 1. The van der Waals surface area contributed by atoms with Gasteiger partial charge < -0.3 is 9.47 Å². The molecule has 0 atom stereocenters. The van der Waals surface area contributed by atoms with Gasteiger partial charge in [-0.05, 0) is 33.8 Å². The summed E-state index contributed by atoms with van der Waals surface area (Å²) in [5.41, 5.74) is 1.14. The fourth-order valence-electron chi connectivity index (χ4n) is 3.77. The number of likely N-dealkylation sites (N-methyl/N-ethyl adjacent to an activating group) is 1. The van der Waals surface area contributed by atoms with Crippen molar-refractivity contribution < 1.29 is 22.8 Å². The van der Waals surface area contributed by atoms with E-state index in [2.05, 4.69) is 4.90 Å². The maximum absolute atomic E-state index is 12.8. The zero-order valence-electron chi connectivity index (χ0n) is 17.7. The van der Waals surface area contributed by atoms with Crippen LogP contribution in [0.4, 0.5) is 13.2 Å². The number of ketones is 1. The average Bonchev–Trinajstić information content (AvgIpc) is 2.91. The van der Waals surface area contributed by atoms with Crippen LogP contribution in [0.15, 0.2) is 6.07 Å². The summed E-state index contributed by atoms with van der Waals surface area (Å²) in [6.07, 6.45) is -4.33. The number of nitrogens with zero attached hydrogens (tertiary/aromatic N) is 4. The number of carbonyl (C=O) groups is 2. The van der Waals surface area contributed by atoms with E-state index in [-0.39, 0.29) is 18.2 Å². The number of Topliss-reactive ketones (excluding diaryl/α,β-unsaturated/α-hetero) is 1. The normalized spacial score (nSPS) is 16.2. The lowest BCUT2D eigenvalue weighted by Crippen LogP contribution is -2.51. The van der Waals surface area contributed by atoms with E-state index in [1.54, 1.807) is 24.8 Å². The first-order chi connectivity index (χ1) is 13.6. The summed E-state index contributed by atoms with van der Waals surface area (Å²) in [4.78, 5) is 30.8. The van der Waals surface area contributed by atoms with E-state index in [0.29, 0.717) is 62.8 Å². The average molecular weight is 416 g/mol. The number of halogens is 3. The van der Waals surface area contributed by atoms with E-state index in [0.717, 1.165) is 4.57 Å². The van der Waals surface area contributed by atoms with Crippen LogP contribution in [-0.2, 0) is 11.3 Å². The largest absolute Gasteiger partial charge is 0.406 e. The Hall–Kier alpha value is -1.87. The molecule has 2 rings (SSSR count). The SMILES string of the molecule is CCN(CC)C(=O)CN1CCN(CC(=O)c2cc(C)n(CC(F)(F)F)c2C)CC1. The molecule has 0 bridgehead atoms. The molecule has 164 valence electrons. The van der Waals surface area contributed by atoms with Gasteiger partial charge in [-0.25, -0.2) is 0 Å². The Morgan fingerprint density at radius 2 is 1.52 bits per heavy atom. The molecule has 6 nitrogen and oxygen atoms in total. The van der Waals surface area contributed by atoms with Crippen molar-refractivity contribution in [2.24, 2.45) is 0 Å². The minimum absolute atomic E-state index is 0.108. The molecule has 0 radical (unpaired) electrons. The van der Waals surface area contributed by atoms with Gasteiger partial charge in [0.15, 0.2) is 5.78 Å². The Balaban J connectivity index is 1.90. The third kappa shape index (κ3) is 6.30. The molecular weight excluding hydrogens is 385 g/mol. The molecule has 1 amide bonds. The van der Waals surface area contributed by atoms with Crippen LogP contribution in [0.2, 0.25) is 0 Å². The number of amides is 1. The maximum Gasteiger partial charge on any atom is 0.406 e. The molecule has 29 heavy (non-hydrogen) atoms. The third-order valence-corrected chi connectivity index (χ3v) is 5.52. The lowest BCUT2D eigenvalue weighted by molar-refractivity contribution is -0.141. The van der Waals surface area contributed by atoms with Crippen LogP contribution < -0.4 is 0 Å². The van der Waals surface area contributed by atoms with Gasteiger partial charge in [-0.1, -0.05) is 0 Å². The summed E-state index contributed by atoms with van der Waals surface area (Å²) >= 11 is 0. The number of piperazine rings is 1. The van der Waals surface area contributed by atoms with Gasteiger partial charge in [-0.3, -0.25) is 19.4 Å². The molecular formula is C20H31F3N4O2. The smallest absolute Gasteiger partial charge is 0.342 e. The van der Waals surface area contributed by atoms with Crippen molar-refractivity contribution in [3.8, 4) is 0 Å². The van der Waals surface area contributed by atoms with Crippen LogP contribution in [0.5, 0.6) is 0 Å². The van der Waals surface area contributed by atoms with Crippen molar-refractivity contribution in [1.82, 2.24) is 19.3 Å². The molecule has 1 aliphatic heterocycles. The number of carbonyl (C=O) groups excluding carboxylic acids is 2. The molecule has 0 aromatic carbocycles. The van der Waals surface area contributed by atoms with E-state index in [1.165, 1.54) is 0 Å². The van der Waals surface area contributed by atoms with Crippen molar-refractivity contribution >= 4 is 11.7 Å². The highest BCUT2D eigenvalue weighted by Crippen LogP contribution is 2.23. The summed E-state index contributed by atoms with van der Waals surface area (Å²) in [5, 5.41) is 0. The number of hydrogen-bond donors (Lipinski definition) is 0. The van der Waals surface area contributed by atoms with Crippen LogP contribution in [0, 0.1) is 13.8 Å². The fourth-order valence-corrected chi connectivity index (χ4v) is 3.77. The van der Waals surface area contributed by atoms with Gasteiger partial charge in [-0.15, -0.1) is 0 Å². The van der Waals surface area contributed by atoms with E-state index < -0.39 is 12.7 Å². The molecule has 9 heteroatoms. The molecule has 1 saturated heterocycles.